The minimum Gasteiger partial charge on any atom is -0.304 e. The lowest BCUT2D eigenvalue weighted by Crippen LogP contribution is -2.36. The highest BCUT2D eigenvalue weighted by molar-refractivity contribution is 5.37. The van der Waals surface area contributed by atoms with Crippen LogP contribution in [0, 0.1) is 11.8 Å². The Morgan fingerprint density at radius 3 is 3.00 bits per heavy atom. The number of hydrogen-bond acceptors (Lipinski definition) is 3. The van der Waals surface area contributed by atoms with Crippen LogP contribution in [0.5, 0.6) is 0 Å². The van der Waals surface area contributed by atoms with Gasteiger partial charge in [-0.15, -0.1) is 10.2 Å². The fraction of sp³-hybridized carbons (Fsp3) is 0.600. The standard InChI is InChI=1S/C15H20N4/c1-10(16-13-9-11-5-6-12(13)8-11)15-18-17-14-4-2-3-7-19(14)15/h2-4,7,10-13,16H,5-6,8-9H2,1H3. The summed E-state index contributed by atoms with van der Waals surface area (Å²) in [5, 5.41) is 12.4. The van der Waals surface area contributed by atoms with E-state index in [-0.39, 0.29) is 6.04 Å². The quantitative estimate of drug-likeness (QED) is 0.917. The number of fused-ring (bicyclic) bond motifs is 3. The first-order valence-corrected chi connectivity index (χ1v) is 7.37. The van der Waals surface area contributed by atoms with E-state index in [0.717, 1.165) is 23.3 Å². The van der Waals surface area contributed by atoms with Crippen LogP contribution >= 0.6 is 0 Å². The molecule has 0 aromatic carbocycles. The van der Waals surface area contributed by atoms with E-state index in [2.05, 4.69) is 26.8 Å². The fourth-order valence-electron chi connectivity index (χ4n) is 4.00. The van der Waals surface area contributed by atoms with Crippen LogP contribution in [0.3, 0.4) is 0 Å². The van der Waals surface area contributed by atoms with Crippen LogP contribution < -0.4 is 5.32 Å². The van der Waals surface area contributed by atoms with Crippen molar-refractivity contribution in [3.8, 4) is 0 Å². The predicted molar refractivity (Wildman–Crippen MR) is 73.8 cm³/mol. The van der Waals surface area contributed by atoms with Crippen LogP contribution in [0.4, 0.5) is 0 Å². The van der Waals surface area contributed by atoms with E-state index >= 15 is 0 Å². The van der Waals surface area contributed by atoms with E-state index in [1.54, 1.807) is 0 Å². The number of rotatable bonds is 3. The van der Waals surface area contributed by atoms with E-state index in [1.807, 2.05) is 24.4 Å². The van der Waals surface area contributed by atoms with Crippen molar-refractivity contribution in [2.24, 2.45) is 11.8 Å². The van der Waals surface area contributed by atoms with Gasteiger partial charge in [0.1, 0.15) is 0 Å². The van der Waals surface area contributed by atoms with Gasteiger partial charge in [0, 0.05) is 12.2 Å². The summed E-state index contributed by atoms with van der Waals surface area (Å²) in [6.45, 7) is 2.20. The second kappa shape index (κ2) is 4.30. The van der Waals surface area contributed by atoms with E-state index in [9.17, 15) is 0 Å². The molecule has 1 N–H and O–H groups in total. The first kappa shape index (κ1) is 11.4. The zero-order chi connectivity index (χ0) is 12.8. The van der Waals surface area contributed by atoms with Crippen molar-refractivity contribution in [3.05, 3.63) is 30.2 Å². The average Bonchev–Trinajstić information content (AvgIpc) is 3.13. The minimum absolute atomic E-state index is 0.266. The van der Waals surface area contributed by atoms with E-state index < -0.39 is 0 Å². The average molecular weight is 256 g/mol. The topological polar surface area (TPSA) is 42.2 Å². The summed E-state index contributed by atoms with van der Waals surface area (Å²) in [6, 6.07) is 6.98. The molecule has 2 aliphatic carbocycles. The smallest absolute Gasteiger partial charge is 0.160 e. The van der Waals surface area contributed by atoms with E-state index in [0.29, 0.717) is 6.04 Å². The molecule has 2 aliphatic rings. The second-order valence-electron chi connectivity index (χ2n) is 6.16. The molecule has 0 radical (unpaired) electrons. The molecule has 4 atom stereocenters. The van der Waals surface area contributed by atoms with Crippen LogP contribution in [0.25, 0.3) is 5.65 Å². The van der Waals surface area contributed by atoms with Gasteiger partial charge >= 0.3 is 0 Å². The molecule has 4 nitrogen and oxygen atoms in total. The maximum absolute atomic E-state index is 4.35. The molecule has 2 saturated carbocycles. The molecule has 2 fully saturated rings. The zero-order valence-electron chi connectivity index (χ0n) is 11.3. The second-order valence-corrected chi connectivity index (χ2v) is 6.16. The van der Waals surface area contributed by atoms with E-state index in [4.69, 9.17) is 0 Å². The summed E-state index contributed by atoms with van der Waals surface area (Å²) in [4.78, 5) is 0. The highest BCUT2D eigenvalue weighted by Gasteiger charge is 2.40. The van der Waals surface area contributed by atoms with Crippen molar-refractivity contribution in [1.29, 1.82) is 0 Å². The molecule has 2 heterocycles. The molecule has 4 unspecified atom stereocenters. The van der Waals surface area contributed by atoms with Gasteiger partial charge in [0.15, 0.2) is 11.5 Å². The van der Waals surface area contributed by atoms with Crippen molar-refractivity contribution in [2.75, 3.05) is 0 Å². The van der Waals surface area contributed by atoms with Gasteiger partial charge in [-0.25, -0.2) is 0 Å². The molecule has 0 saturated heterocycles. The van der Waals surface area contributed by atoms with Gasteiger partial charge in [0.25, 0.3) is 0 Å². The molecule has 2 bridgehead atoms. The van der Waals surface area contributed by atoms with Gasteiger partial charge in [0.2, 0.25) is 0 Å². The maximum atomic E-state index is 4.35. The van der Waals surface area contributed by atoms with Crippen LogP contribution in [0.2, 0.25) is 0 Å². The highest BCUT2D eigenvalue weighted by atomic mass is 15.3. The Hall–Kier alpha value is -1.42. The summed E-state index contributed by atoms with van der Waals surface area (Å²) >= 11 is 0. The molecule has 2 aromatic heterocycles. The summed E-state index contributed by atoms with van der Waals surface area (Å²) in [7, 11) is 0. The first-order valence-electron chi connectivity index (χ1n) is 7.37. The number of hydrogen-bond donors (Lipinski definition) is 1. The maximum Gasteiger partial charge on any atom is 0.160 e. The Balaban J connectivity index is 1.55. The Labute approximate surface area is 113 Å². The van der Waals surface area contributed by atoms with Crippen molar-refractivity contribution >= 4 is 5.65 Å². The SMILES string of the molecule is CC(NC1CC2CCC1C2)c1nnc2ccccn12. The minimum atomic E-state index is 0.266. The molecule has 4 rings (SSSR count). The van der Waals surface area contributed by atoms with Crippen LogP contribution in [-0.2, 0) is 0 Å². The predicted octanol–water partition coefficient (Wildman–Crippen LogP) is 2.57. The molecular formula is C15H20N4. The third-order valence-electron chi connectivity index (χ3n) is 4.93. The molecule has 0 amide bonds. The molecule has 0 aliphatic heterocycles. The summed E-state index contributed by atoms with van der Waals surface area (Å²) in [5.41, 5.74) is 0.930. The van der Waals surface area contributed by atoms with Crippen molar-refractivity contribution in [3.63, 3.8) is 0 Å². The molecule has 4 heteroatoms. The van der Waals surface area contributed by atoms with Gasteiger partial charge in [-0.1, -0.05) is 12.5 Å². The van der Waals surface area contributed by atoms with Gasteiger partial charge in [-0.05, 0) is 50.2 Å². The molecule has 0 spiro atoms. The Bertz CT molecular complexity index is 591. The Kier molecular flexibility index (Phi) is 2.58. The largest absolute Gasteiger partial charge is 0.304 e. The number of pyridine rings is 1. The number of nitrogens with zero attached hydrogens (tertiary/aromatic N) is 3. The third-order valence-corrected chi connectivity index (χ3v) is 4.93. The lowest BCUT2D eigenvalue weighted by Gasteiger charge is -2.26. The first-order chi connectivity index (χ1) is 9.31. The van der Waals surface area contributed by atoms with Crippen LogP contribution in [-0.4, -0.2) is 20.6 Å². The molecular weight excluding hydrogens is 236 g/mol. The Morgan fingerprint density at radius 2 is 2.21 bits per heavy atom. The fourth-order valence-corrected chi connectivity index (χ4v) is 4.00. The molecule has 19 heavy (non-hydrogen) atoms. The van der Waals surface area contributed by atoms with Gasteiger partial charge in [0.05, 0.1) is 6.04 Å². The Morgan fingerprint density at radius 1 is 1.26 bits per heavy atom. The van der Waals surface area contributed by atoms with Gasteiger partial charge in [-0.3, -0.25) is 4.40 Å². The number of nitrogens with one attached hydrogen (secondary N) is 1. The lowest BCUT2D eigenvalue weighted by molar-refractivity contribution is 0.321. The summed E-state index contributed by atoms with van der Waals surface area (Å²) in [5.74, 6) is 2.90. The normalized spacial score (nSPS) is 31.1. The van der Waals surface area contributed by atoms with Crippen LogP contribution in [0.1, 0.15) is 44.5 Å². The lowest BCUT2D eigenvalue weighted by atomic mass is 9.95. The summed E-state index contributed by atoms with van der Waals surface area (Å²) < 4.78 is 2.09. The van der Waals surface area contributed by atoms with E-state index in [1.165, 1.54) is 25.7 Å². The third kappa shape index (κ3) is 1.86. The summed E-state index contributed by atoms with van der Waals surface area (Å²) in [6.07, 6.45) is 7.70. The monoisotopic (exact) mass is 256 g/mol. The van der Waals surface area contributed by atoms with Gasteiger partial charge < -0.3 is 5.32 Å². The molecule has 100 valence electrons. The van der Waals surface area contributed by atoms with Crippen molar-refractivity contribution < 1.29 is 0 Å². The number of aromatic nitrogens is 3. The van der Waals surface area contributed by atoms with Crippen molar-refractivity contribution in [1.82, 2.24) is 19.9 Å². The highest BCUT2D eigenvalue weighted by Crippen LogP contribution is 2.45. The van der Waals surface area contributed by atoms with Crippen molar-refractivity contribution in [2.45, 2.75) is 44.7 Å². The zero-order valence-corrected chi connectivity index (χ0v) is 11.3. The molecule has 2 aromatic rings. The van der Waals surface area contributed by atoms with Crippen LogP contribution in [0.15, 0.2) is 24.4 Å². The van der Waals surface area contributed by atoms with Gasteiger partial charge in [-0.2, -0.15) is 0 Å².